The summed E-state index contributed by atoms with van der Waals surface area (Å²) >= 11 is 0. The highest BCUT2D eigenvalue weighted by Gasteiger charge is 2.29. The van der Waals surface area contributed by atoms with E-state index in [1.165, 1.54) is 82.4 Å². The van der Waals surface area contributed by atoms with Crippen molar-refractivity contribution in [1.29, 1.82) is 0 Å². The lowest BCUT2D eigenvalue weighted by molar-refractivity contribution is 0.0535. The maximum atomic E-state index is 5.98. The van der Waals surface area contributed by atoms with E-state index in [1.807, 2.05) is 0 Å². The van der Waals surface area contributed by atoms with Gasteiger partial charge in [0.05, 0.1) is 11.8 Å². The zero-order chi connectivity index (χ0) is 20.1. The van der Waals surface area contributed by atoms with Crippen molar-refractivity contribution in [2.75, 3.05) is 32.8 Å². The highest BCUT2D eigenvalue weighted by Crippen LogP contribution is 2.28. The molecule has 1 atom stereocenters. The molecule has 3 heterocycles. The first-order chi connectivity index (χ1) is 14.2. The van der Waals surface area contributed by atoms with Crippen molar-refractivity contribution >= 4 is 0 Å². The van der Waals surface area contributed by atoms with Crippen LogP contribution in [0.3, 0.4) is 0 Å². The van der Waals surface area contributed by atoms with Crippen LogP contribution in [0.25, 0.3) is 0 Å². The van der Waals surface area contributed by atoms with Gasteiger partial charge < -0.3 is 9.64 Å². The van der Waals surface area contributed by atoms with Crippen LogP contribution in [0.2, 0.25) is 0 Å². The first-order valence-corrected chi connectivity index (χ1v) is 12.3. The molecule has 1 aromatic heterocycles. The van der Waals surface area contributed by atoms with Crippen LogP contribution in [0.5, 0.6) is 0 Å². The SMILES string of the molecule is CC(C)Cc1cc(CN(CC2CCN(C3CCCC3)CC2)C[C@@H]2CCCO2)[nH]n1. The van der Waals surface area contributed by atoms with Crippen LogP contribution < -0.4 is 0 Å². The highest BCUT2D eigenvalue weighted by molar-refractivity contribution is 5.09. The molecule has 3 fully saturated rings. The normalized spacial score (nSPS) is 25.0. The van der Waals surface area contributed by atoms with Gasteiger partial charge in [-0.3, -0.25) is 10.00 Å². The molecule has 5 heteroatoms. The third kappa shape index (κ3) is 6.28. The van der Waals surface area contributed by atoms with Crippen molar-refractivity contribution in [3.8, 4) is 0 Å². The van der Waals surface area contributed by atoms with E-state index in [4.69, 9.17) is 4.74 Å². The van der Waals surface area contributed by atoms with Crippen LogP contribution >= 0.6 is 0 Å². The van der Waals surface area contributed by atoms with Crippen molar-refractivity contribution in [3.63, 3.8) is 0 Å². The summed E-state index contributed by atoms with van der Waals surface area (Å²) in [5.41, 5.74) is 2.47. The smallest absolute Gasteiger partial charge is 0.0702 e. The molecule has 1 aromatic rings. The van der Waals surface area contributed by atoms with Gasteiger partial charge in [-0.2, -0.15) is 5.10 Å². The zero-order valence-electron chi connectivity index (χ0n) is 18.7. The Morgan fingerprint density at radius 3 is 2.59 bits per heavy atom. The summed E-state index contributed by atoms with van der Waals surface area (Å²) in [6.45, 7) is 11.3. The minimum Gasteiger partial charge on any atom is -0.377 e. The molecular weight excluding hydrogens is 360 g/mol. The second kappa shape index (κ2) is 10.4. The van der Waals surface area contributed by atoms with Gasteiger partial charge in [-0.15, -0.1) is 0 Å². The fraction of sp³-hybridized carbons (Fsp3) is 0.875. The highest BCUT2D eigenvalue weighted by atomic mass is 16.5. The lowest BCUT2D eigenvalue weighted by Crippen LogP contribution is -2.43. The minimum absolute atomic E-state index is 0.423. The molecule has 1 saturated carbocycles. The molecule has 1 N–H and O–H groups in total. The van der Waals surface area contributed by atoms with Gasteiger partial charge in [-0.1, -0.05) is 26.7 Å². The number of nitrogens with zero attached hydrogens (tertiary/aromatic N) is 3. The van der Waals surface area contributed by atoms with E-state index in [2.05, 4.69) is 39.9 Å². The van der Waals surface area contributed by atoms with E-state index >= 15 is 0 Å². The minimum atomic E-state index is 0.423. The van der Waals surface area contributed by atoms with Gasteiger partial charge in [0.25, 0.3) is 0 Å². The molecular formula is C24H42N4O. The van der Waals surface area contributed by atoms with Gasteiger partial charge in [0.1, 0.15) is 0 Å². The molecule has 164 valence electrons. The Labute approximate surface area is 177 Å². The summed E-state index contributed by atoms with van der Waals surface area (Å²) in [6.07, 6.45) is 12.4. The number of aromatic nitrogens is 2. The summed E-state index contributed by atoms with van der Waals surface area (Å²) in [6, 6.07) is 3.17. The molecule has 0 amide bonds. The second-order valence-electron chi connectivity index (χ2n) is 10.2. The molecule has 0 aromatic carbocycles. The van der Waals surface area contributed by atoms with Crippen molar-refractivity contribution < 1.29 is 4.74 Å². The van der Waals surface area contributed by atoms with E-state index in [9.17, 15) is 0 Å². The Balaban J connectivity index is 1.31. The largest absolute Gasteiger partial charge is 0.377 e. The maximum Gasteiger partial charge on any atom is 0.0702 e. The van der Waals surface area contributed by atoms with Gasteiger partial charge in [0.2, 0.25) is 0 Å². The molecule has 0 radical (unpaired) electrons. The van der Waals surface area contributed by atoms with Crippen LogP contribution in [0.4, 0.5) is 0 Å². The van der Waals surface area contributed by atoms with Crippen LogP contribution in [-0.4, -0.2) is 64.9 Å². The van der Waals surface area contributed by atoms with Crippen molar-refractivity contribution in [3.05, 3.63) is 17.5 Å². The number of ether oxygens (including phenoxy) is 1. The number of hydrogen-bond donors (Lipinski definition) is 1. The number of likely N-dealkylation sites (tertiary alicyclic amines) is 1. The average Bonchev–Trinajstić information content (AvgIpc) is 3.45. The molecule has 2 aliphatic heterocycles. The fourth-order valence-electron chi connectivity index (χ4n) is 5.67. The van der Waals surface area contributed by atoms with Gasteiger partial charge in [-0.05, 0) is 75.9 Å². The molecule has 0 bridgehead atoms. The number of H-pyrrole nitrogens is 1. The number of piperidine rings is 1. The Bertz CT molecular complexity index is 596. The molecule has 2 saturated heterocycles. The predicted molar refractivity (Wildman–Crippen MR) is 118 cm³/mol. The quantitative estimate of drug-likeness (QED) is 0.671. The van der Waals surface area contributed by atoms with Crippen molar-refractivity contribution in [1.82, 2.24) is 20.0 Å². The first-order valence-electron chi connectivity index (χ1n) is 12.3. The monoisotopic (exact) mass is 402 g/mol. The number of nitrogens with one attached hydrogen (secondary N) is 1. The summed E-state index contributed by atoms with van der Waals surface area (Å²) in [5, 5.41) is 7.86. The first kappa shape index (κ1) is 21.3. The summed E-state index contributed by atoms with van der Waals surface area (Å²) in [5.74, 6) is 1.48. The predicted octanol–water partition coefficient (Wildman–Crippen LogP) is 4.24. The second-order valence-corrected chi connectivity index (χ2v) is 10.2. The molecule has 5 nitrogen and oxygen atoms in total. The molecule has 1 aliphatic carbocycles. The van der Waals surface area contributed by atoms with Crippen LogP contribution in [0, 0.1) is 11.8 Å². The summed E-state index contributed by atoms with van der Waals surface area (Å²) in [7, 11) is 0. The Hall–Kier alpha value is -0.910. The summed E-state index contributed by atoms with van der Waals surface area (Å²) in [4.78, 5) is 5.44. The van der Waals surface area contributed by atoms with E-state index < -0.39 is 0 Å². The van der Waals surface area contributed by atoms with Crippen molar-refractivity contribution in [2.24, 2.45) is 11.8 Å². The topological polar surface area (TPSA) is 44.4 Å². The van der Waals surface area contributed by atoms with E-state index in [1.54, 1.807) is 0 Å². The Morgan fingerprint density at radius 2 is 1.90 bits per heavy atom. The van der Waals surface area contributed by atoms with E-state index in [0.29, 0.717) is 12.0 Å². The van der Waals surface area contributed by atoms with Crippen LogP contribution in [0.1, 0.15) is 76.6 Å². The number of rotatable bonds is 9. The molecule has 4 rings (SSSR count). The Morgan fingerprint density at radius 1 is 1.10 bits per heavy atom. The molecule has 0 unspecified atom stereocenters. The third-order valence-corrected chi connectivity index (χ3v) is 7.19. The zero-order valence-corrected chi connectivity index (χ0v) is 18.7. The van der Waals surface area contributed by atoms with Crippen LogP contribution in [0.15, 0.2) is 6.07 Å². The number of aromatic amines is 1. The van der Waals surface area contributed by atoms with E-state index in [-0.39, 0.29) is 0 Å². The van der Waals surface area contributed by atoms with Crippen molar-refractivity contribution in [2.45, 2.75) is 90.3 Å². The maximum absolute atomic E-state index is 5.98. The molecule has 29 heavy (non-hydrogen) atoms. The summed E-state index contributed by atoms with van der Waals surface area (Å²) < 4.78 is 5.98. The fourth-order valence-corrected chi connectivity index (χ4v) is 5.67. The number of hydrogen-bond acceptors (Lipinski definition) is 4. The van der Waals surface area contributed by atoms with Crippen LogP contribution in [-0.2, 0) is 17.7 Å². The molecule has 0 spiro atoms. The van der Waals surface area contributed by atoms with Gasteiger partial charge in [0, 0.05) is 38.0 Å². The standard InChI is InChI=1S/C24H42N4O/c1-19(2)14-21-15-22(26-25-21)17-27(18-24-8-5-13-29-24)16-20-9-11-28(12-10-20)23-6-3-4-7-23/h15,19-20,23-24H,3-14,16-18H2,1-2H3,(H,25,26)/t24-/m0/s1. The lowest BCUT2D eigenvalue weighted by atomic mass is 9.94. The Kier molecular flexibility index (Phi) is 7.65. The third-order valence-electron chi connectivity index (χ3n) is 7.19. The van der Waals surface area contributed by atoms with Gasteiger partial charge >= 0.3 is 0 Å². The molecule has 3 aliphatic rings. The van der Waals surface area contributed by atoms with Gasteiger partial charge in [-0.25, -0.2) is 0 Å². The van der Waals surface area contributed by atoms with Gasteiger partial charge in [0.15, 0.2) is 0 Å². The average molecular weight is 403 g/mol. The lowest BCUT2D eigenvalue weighted by Gasteiger charge is -2.38. The van der Waals surface area contributed by atoms with E-state index in [0.717, 1.165) is 38.1 Å².